The van der Waals surface area contributed by atoms with Crippen molar-refractivity contribution < 1.29 is 14.6 Å². The van der Waals surface area contributed by atoms with Crippen LogP contribution in [0.3, 0.4) is 0 Å². The molecule has 106 valence electrons. The van der Waals surface area contributed by atoms with Crippen LogP contribution in [0, 0.1) is 0 Å². The molecule has 0 atom stereocenters. The molecule has 0 spiro atoms. The number of hydrogen-bond donors (Lipinski definition) is 2. The topological polar surface area (TPSA) is 71.5 Å². The molecular weight excluding hydrogens is 404 g/mol. The van der Waals surface area contributed by atoms with E-state index >= 15 is 0 Å². The number of carbonyl (C=O) groups excluding carboxylic acids is 1. The van der Waals surface area contributed by atoms with Gasteiger partial charge in [0.05, 0.1) is 8.95 Å². The van der Waals surface area contributed by atoms with E-state index in [1.807, 2.05) is 0 Å². The van der Waals surface area contributed by atoms with Gasteiger partial charge in [-0.15, -0.1) is 0 Å². The number of halogens is 2. The van der Waals surface area contributed by atoms with Crippen molar-refractivity contribution in [2.75, 3.05) is 5.32 Å². The van der Waals surface area contributed by atoms with Gasteiger partial charge < -0.3 is 15.2 Å². The number of rotatable bonds is 1. The third-order valence-corrected chi connectivity index (χ3v) is 3.99. The standard InChI is InChI=1S/C14H8Br2N2O3/c15-8-4-7(5-9(16)12(8)19)6-11-14(20)18-13-10(21-11)2-1-3-17-13/h1-6,19H,(H,17,18,20)/b11-6-. The smallest absolute Gasteiger partial charge is 0.292 e. The van der Waals surface area contributed by atoms with Crippen molar-refractivity contribution in [3.63, 3.8) is 0 Å². The summed E-state index contributed by atoms with van der Waals surface area (Å²) >= 11 is 6.48. The predicted octanol–water partition coefficient (Wildman–Crippen LogP) is 3.68. The van der Waals surface area contributed by atoms with Crippen LogP contribution in [0.2, 0.25) is 0 Å². The predicted molar refractivity (Wildman–Crippen MR) is 85.0 cm³/mol. The number of carbonyl (C=O) groups is 1. The van der Waals surface area contributed by atoms with Gasteiger partial charge in [0.25, 0.3) is 5.91 Å². The van der Waals surface area contributed by atoms with Crippen molar-refractivity contribution in [2.45, 2.75) is 0 Å². The summed E-state index contributed by atoms with van der Waals surface area (Å²) in [5.74, 6) is 0.759. The number of anilines is 1. The largest absolute Gasteiger partial charge is 0.506 e. The zero-order chi connectivity index (χ0) is 15.0. The molecule has 0 aliphatic carbocycles. The maximum Gasteiger partial charge on any atom is 0.292 e. The molecule has 1 aliphatic rings. The summed E-state index contributed by atoms with van der Waals surface area (Å²) in [6.07, 6.45) is 3.16. The van der Waals surface area contributed by atoms with Gasteiger partial charge in [-0.25, -0.2) is 4.98 Å². The Morgan fingerprint density at radius 2 is 2.00 bits per heavy atom. The minimum absolute atomic E-state index is 0.0979. The second kappa shape index (κ2) is 5.50. The molecule has 5 nitrogen and oxygen atoms in total. The van der Waals surface area contributed by atoms with Crippen molar-refractivity contribution >= 4 is 49.7 Å². The van der Waals surface area contributed by atoms with Crippen molar-refractivity contribution in [2.24, 2.45) is 0 Å². The molecule has 3 rings (SSSR count). The number of benzene rings is 1. The fourth-order valence-electron chi connectivity index (χ4n) is 1.82. The second-order valence-electron chi connectivity index (χ2n) is 4.25. The lowest BCUT2D eigenvalue weighted by Gasteiger charge is -2.18. The van der Waals surface area contributed by atoms with Crippen molar-refractivity contribution in [1.82, 2.24) is 4.98 Å². The highest BCUT2D eigenvalue weighted by atomic mass is 79.9. The summed E-state index contributed by atoms with van der Waals surface area (Å²) in [4.78, 5) is 16.0. The van der Waals surface area contributed by atoms with Gasteiger partial charge in [-0.2, -0.15) is 0 Å². The Kier molecular flexibility index (Phi) is 3.69. The quantitative estimate of drug-likeness (QED) is 0.702. The van der Waals surface area contributed by atoms with Gasteiger partial charge in [-0.1, -0.05) is 0 Å². The lowest BCUT2D eigenvalue weighted by atomic mass is 10.2. The Morgan fingerprint density at radius 3 is 2.71 bits per heavy atom. The summed E-state index contributed by atoms with van der Waals surface area (Å²) in [6, 6.07) is 6.81. The Balaban J connectivity index is 1.99. The molecule has 0 radical (unpaired) electrons. The van der Waals surface area contributed by atoms with E-state index in [-0.39, 0.29) is 17.4 Å². The van der Waals surface area contributed by atoms with Crippen molar-refractivity contribution in [1.29, 1.82) is 0 Å². The number of ether oxygens (including phenoxy) is 1. The van der Waals surface area contributed by atoms with E-state index in [1.165, 1.54) is 0 Å². The van der Waals surface area contributed by atoms with Gasteiger partial charge in [0.2, 0.25) is 0 Å². The van der Waals surface area contributed by atoms with Crippen molar-refractivity contribution in [3.8, 4) is 11.5 Å². The number of nitrogens with zero attached hydrogens (tertiary/aromatic N) is 1. The molecule has 1 aliphatic heterocycles. The number of nitrogens with one attached hydrogen (secondary N) is 1. The van der Waals surface area contributed by atoms with Crippen LogP contribution in [-0.4, -0.2) is 16.0 Å². The summed E-state index contributed by atoms with van der Waals surface area (Å²) in [7, 11) is 0. The maximum atomic E-state index is 12.0. The number of aromatic hydroxyl groups is 1. The third-order valence-electron chi connectivity index (χ3n) is 2.78. The molecular formula is C14H8Br2N2O3. The SMILES string of the molecule is O=C1Nc2ncccc2O/C1=C\c1cc(Br)c(O)c(Br)c1. The lowest BCUT2D eigenvalue weighted by Crippen LogP contribution is -2.24. The summed E-state index contributed by atoms with van der Waals surface area (Å²) < 4.78 is 6.58. The van der Waals surface area contributed by atoms with Gasteiger partial charge >= 0.3 is 0 Å². The van der Waals surface area contributed by atoms with Crippen LogP contribution < -0.4 is 10.1 Å². The number of aromatic nitrogens is 1. The van der Waals surface area contributed by atoms with Crippen LogP contribution in [0.5, 0.6) is 11.5 Å². The zero-order valence-electron chi connectivity index (χ0n) is 10.4. The van der Waals surface area contributed by atoms with E-state index in [4.69, 9.17) is 4.74 Å². The number of pyridine rings is 1. The Bertz CT molecular complexity index is 752. The minimum Gasteiger partial charge on any atom is -0.506 e. The molecule has 0 saturated carbocycles. The first kappa shape index (κ1) is 14.1. The Hall–Kier alpha value is -1.86. The molecule has 0 bridgehead atoms. The number of fused-ring (bicyclic) bond motifs is 1. The van der Waals surface area contributed by atoms with Crippen LogP contribution in [0.15, 0.2) is 45.2 Å². The monoisotopic (exact) mass is 410 g/mol. The molecule has 7 heteroatoms. The highest BCUT2D eigenvalue weighted by Crippen LogP contribution is 2.35. The van der Waals surface area contributed by atoms with Gasteiger partial charge in [0, 0.05) is 6.20 Å². The molecule has 1 aromatic carbocycles. The molecule has 2 heterocycles. The Morgan fingerprint density at radius 1 is 1.29 bits per heavy atom. The normalized spacial score (nSPS) is 15.3. The van der Waals surface area contributed by atoms with Crippen LogP contribution in [0.4, 0.5) is 5.82 Å². The first-order chi connectivity index (χ1) is 10.0. The van der Waals surface area contributed by atoms with E-state index in [9.17, 15) is 9.90 Å². The van der Waals surface area contributed by atoms with Crippen LogP contribution >= 0.6 is 31.9 Å². The fourth-order valence-corrected chi connectivity index (χ4v) is 3.04. The molecule has 21 heavy (non-hydrogen) atoms. The number of amides is 1. The van der Waals surface area contributed by atoms with Crippen LogP contribution in [-0.2, 0) is 4.79 Å². The van der Waals surface area contributed by atoms with E-state index in [1.54, 1.807) is 36.5 Å². The first-order valence-electron chi connectivity index (χ1n) is 5.88. The average molecular weight is 412 g/mol. The highest BCUT2D eigenvalue weighted by Gasteiger charge is 2.22. The highest BCUT2D eigenvalue weighted by molar-refractivity contribution is 9.11. The average Bonchev–Trinajstić information content (AvgIpc) is 2.45. The number of hydrogen-bond acceptors (Lipinski definition) is 4. The summed E-state index contributed by atoms with van der Waals surface area (Å²) in [5, 5.41) is 12.3. The van der Waals surface area contributed by atoms with Crippen LogP contribution in [0.1, 0.15) is 5.56 Å². The van der Waals surface area contributed by atoms with Crippen LogP contribution in [0.25, 0.3) is 6.08 Å². The van der Waals surface area contributed by atoms with Gasteiger partial charge in [-0.05, 0) is 67.8 Å². The molecule has 2 aromatic rings. The third kappa shape index (κ3) is 2.79. The zero-order valence-corrected chi connectivity index (χ0v) is 13.6. The molecule has 2 N–H and O–H groups in total. The number of phenolic OH excluding ortho intramolecular Hbond substituents is 1. The maximum absolute atomic E-state index is 12.0. The molecule has 1 amide bonds. The molecule has 0 fully saturated rings. The first-order valence-corrected chi connectivity index (χ1v) is 7.47. The second-order valence-corrected chi connectivity index (χ2v) is 5.96. The van der Waals surface area contributed by atoms with E-state index < -0.39 is 0 Å². The lowest BCUT2D eigenvalue weighted by molar-refractivity contribution is -0.115. The summed E-state index contributed by atoms with van der Waals surface area (Å²) in [5.41, 5.74) is 0.698. The minimum atomic E-state index is -0.374. The molecule has 0 saturated heterocycles. The van der Waals surface area contributed by atoms with Gasteiger partial charge in [-0.3, -0.25) is 4.79 Å². The van der Waals surface area contributed by atoms with Gasteiger partial charge in [0.1, 0.15) is 5.75 Å². The number of phenols is 1. The summed E-state index contributed by atoms with van der Waals surface area (Å²) in [6.45, 7) is 0. The molecule has 1 aromatic heterocycles. The van der Waals surface area contributed by atoms with E-state index in [2.05, 4.69) is 42.2 Å². The van der Waals surface area contributed by atoms with Gasteiger partial charge in [0.15, 0.2) is 17.3 Å². The van der Waals surface area contributed by atoms with Crippen molar-refractivity contribution in [3.05, 3.63) is 50.7 Å². The molecule has 0 unspecified atom stereocenters. The van der Waals surface area contributed by atoms with E-state index in [0.29, 0.717) is 26.1 Å². The Labute approximate surface area is 136 Å². The van der Waals surface area contributed by atoms with E-state index in [0.717, 1.165) is 0 Å². The fraction of sp³-hybridized carbons (Fsp3) is 0.